The van der Waals surface area contributed by atoms with Crippen LogP contribution < -0.4 is 5.32 Å². The molecule has 29 heavy (non-hydrogen) atoms. The van der Waals surface area contributed by atoms with Crippen molar-refractivity contribution in [1.82, 2.24) is 15.0 Å². The van der Waals surface area contributed by atoms with Crippen molar-refractivity contribution in [3.63, 3.8) is 0 Å². The van der Waals surface area contributed by atoms with E-state index in [2.05, 4.69) is 39.4 Å². The molecule has 6 heteroatoms. The number of likely N-dealkylation sites (tertiary alicyclic amines) is 1. The first-order valence-corrected chi connectivity index (χ1v) is 10.8. The summed E-state index contributed by atoms with van der Waals surface area (Å²) < 4.78 is 5.28. The number of rotatable bonds is 7. The lowest BCUT2D eigenvalue weighted by molar-refractivity contribution is -0.116. The number of benzene rings is 1. The molecule has 0 radical (unpaired) electrons. The van der Waals surface area contributed by atoms with E-state index in [1.165, 1.54) is 31.4 Å². The highest BCUT2D eigenvalue weighted by Gasteiger charge is 2.21. The van der Waals surface area contributed by atoms with Crippen LogP contribution in [0.25, 0.3) is 0 Å². The van der Waals surface area contributed by atoms with Crippen molar-refractivity contribution in [2.75, 3.05) is 11.9 Å². The maximum Gasteiger partial charge on any atom is 0.226 e. The smallest absolute Gasteiger partial charge is 0.226 e. The summed E-state index contributed by atoms with van der Waals surface area (Å²) in [5.74, 6) is 1.31. The minimum Gasteiger partial charge on any atom is -0.339 e. The zero-order chi connectivity index (χ0) is 20.9. The predicted octanol–water partition coefficient (Wildman–Crippen LogP) is 4.70. The zero-order valence-corrected chi connectivity index (χ0v) is 18.2. The summed E-state index contributed by atoms with van der Waals surface area (Å²) in [4.78, 5) is 19.2. The van der Waals surface area contributed by atoms with E-state index < -0.39 is 0 Å². The Hall–Kier alpha value is -2.21. The van der Waals surface area contributed by atoms with E-state index in [0.717, 1.165) is 12.2 Å². The van der Waals surface area contributed by atoms with Gasteiger partial charge in [0.05, 0.1) is 0 Å². The number of hydrogen-bond donors (Lipinski definition) is 1. The van der Waals surface area contributed by atoms with Gasteiger partial charge in [-0.15, -0.1) is 0 Å². The SMILES string of the molecule is C[C@@H]1CCCCN1Cc1ccc(NC(=O)CCCc2nc(C(C)(C)C)no2)cc1. The molecule has 1 aromatic heterocycles. The summed E-state index contributed by atoms with van der Waals surface area (Å²) in [6, 6.07) is 8.87. The molecule has 6 nitrogen and oxygen atoms in total. The Morgan fingerprint density at radius 2 is 2.00 bits per heavy atom. The maximum atomic E-state index is 12.2. The Bertz CT molecular complexity index is 792. The van der Waals surface area contributed by atoms with Crippen molar-refractivity contribution in [3.8, 4) is 0 Å². The van der Waals surface area contributed by atoms with Crippen molar-refractivity contribution in [1.29, 1.82) is 0 Å². The number of nitrogens with zero attached hydrogens (tertiary/aromatic N) is 3. The van der Waals surface area contributed by atoms with Crippen molar-refractivity contribution in [3.05, 3.63) is 41.5 Å². The summed E-state index contributed by atoms with van der Waals surface area (Å²) in [6.07, 6.45) is 5.65. The van der Waals surface area contributed by atoms with E-state index in [4.69, 9.17) is 4.52 Å². The molecule has 1 amide bonds. The second-order valence-electron chi connectivity index (χ2n) is 9.18. The second-order valence-corrected chi connectivity index (χ2v) is 9.18. The average molecular weight is 399 g/mol. The quantitative estimate of drug-likeness (QED) is 0.732. The van der Waals surface area contributed by atoms with Gasteiger partial charge in [0.15, 0.2) is 5.82 Å². The first kappa shape index (κ1) is 21.5. The van der Waals surface area contributed by atoms with Gasteiger partial charge in [-0.3, -0.25) is 9.69 Å². The summed E-state index contributed by atoms with van der Waals surface area (Å²) in [5.41, 5.74) is 2.01. The molecular weight excluding hydrogens is 364 g/mol. The van der Waals surface area contributed by atoms with Crippen LogP contribution in [0, 0.1) is 0 Å². The van der Waals surface area contributed by atoms with Gasteiger partial charge in [0.25, 0.3) is 0 Å². The van der Waals surface area contributed by atoms with E-state index in [-0.39, 0.29) is 11.3 Å². The Morgan fingerprint density at radius 3 is 2.66 bits per heavy atom. The molecule has 158 valence electrons. The van der Waals surface area contributed by atoms with Gasteiger partial charge >= 0.3 is 0 Å². The van der Waals surface area contributed by atoms with Crippen LogP contribution >= 0.6 is 0 Å². The Kier molecular flexibility index (Phi) is 7.06. The summed E-state index contributed by atoms with van der Waals surface area (Å²) >= 11 is 0. The third-order valence-electron chi connectivity index (χ3n) is 5.50. The van der Waals surface area contributed by atoms with Crippen molar-refractivity contribution in [2.45, 2.75) is 84.2 Å². The molecule has 1 fully saturated rings. The lowest BCUT2D eigenvalue weighted by Gasteiger charge is -2.33. The molecule has 1 aliphatic heterocycles. The number of anilines is 1. The Labute approximate surface area is 174 Å². The lowest BCUT2D eigenvalue weighted by Crippen LogP contribution is -2.36. The number of piperidine rings is 1. The highest BCUT2D eigenvalue weighted by molar-refractivity contribution is 5.90. The molecule has 0 spiro atoms. The van der Waals surface area contributed by atoms with Crippen LogP contribution in [0.5, 0.6) is 0 Å². The molecule has 0 unspecified atom stereocenters. The summed E-state index contributed by atoms with van der Waals surface area (Å²) in [5, 5.41) is 7.00. The fourth-order valence-electron chi connectivity index (χ4n) is 3.61. The number of amides is 1. The van der Waals surface area contributed by atoms with Crippen LogP contribution in [-0.4, -0.2) is 33.5 Å². The standard InChI is InChI=1S/C23H34N4O2/c1-17-8-5-6-15-27(17)16-18-11-13-19(14-12-18)24-20(28)9-7-10-21-25-22(26-29-21)23(2,3)4/h11-14,17H,5-10,15-16H2,1-4H3,(H,24,28)/t17-/m1/s1. The van der Waals surface area contributed by atoms with Crippen LogP contribution in [-0.2, 0) is 23.2 Å². The van der Waals surface area contributed by atoms with Gasteiger partial charge < -0.3 is 9.84 Å². The first-order chi connectivity index (χ1) is 13.8. The maximum absolute atomic E-state index is 12.2. The van der Waals surface area contributed by atoms with Gasteiger partial charge in [-0.2, -0.15) is 4.98 Å². The van der Waals surface area contributed by atoms with Gasteiger partial charge in [0.2, 0.25) is 11.8 Å². The largest absolute Gasteiger partial charge is 0.339 e. The second kappa shape index (κ2) is 9.53. The topological polar surface area (TPSA) is 71.3 Å². The molecule has 0 saturated carbocycles. The lowest BCUT2D eigenvalue weighted by atomic mass is 9.96. The van der Waals surface area contributed by atoms with Crippen molar-refractivity contribution < 1.29 is 9.32 Å². The van der Waals surface area contributed by atoms with E-state index in [0.29, 0.717) is 37.0 Å². The first-order valence-electron chi connectivity index (χ1n) is 10.8. The third kappa shape index (κ3) is 6.39. The third-order valence-corrected chi connectivity index (χ3v) is 5.50. The summed E-state index contributed by atoms with van der Waals surface area (Å²) in [6.45, 7) is 10.6. The average Bonchev–Trinajstić information content (AvgIpc) is 3.15. The normalized spacial score (nSPS) is 18.0. The minimum absolute atomic E-state index is 0.0120. The number of carbonyl (C=O) groups is 1. The van der Waals surface area contributed by atoms with Crippen LogP contribution in [0.4, 0.5) is 5.69 Å². The Morgan fingerprint density at radius 1 is 1.24 bits per heavy atom. The fraction of sp³-hybridized carbons (Fsp3) is 0.609. The number of aryl methyl sites for hydroxylation is 1. The molecule has 1 N–H and O–H groups in total. The van der Waals surface area contributed by atoms with Gasteiger partial charge in [0.1, 0.15) is 0 Å². The highest BCUT2D eigenvalue weighted by atomic mass is 16.5. The zero-order valence-electron chi connectivity index (χ0n) is 18.2. The minimum atomic E-state index is -0.128. The molecule has 1 saturated heterocycles. The summed E-state index contributed by atoms with van der Waals surface area (Å²) in [7, 11) is 0. The van der Waals surface area contributed by atoms with Crippen molar-refractivity contribution in [2.24, 2.45) is 0 Å². The Balaban J connectivity index is 1.41. The van der Waals surface area contributed by atoms with Crippen LogP contribution in [0.15, 0.2) is 28.8 Å². The van der Waals surface area contributed by atoms with Gasteiger partial charge in [0, 0.05) is 36.5 Å². The highest BCUT2D eigenvalue weighted by Crippen LogP contribution is 2.21. The monoisotopic (exact) mass is 398 g/mol. The number of nitrogens with one attached hydrogen (secondary N) is 1. The molecule has 2 heterocycles. The number of hydrogen-bond acceptors (Lipinski definition) is 5. The van der Waals surface area contributed by atoms with Crippen LogP contribution in [0.1, 0.15) is 77.1 Å². The molecule has 1 aromatic carbocycles. The van der Waals surface area contributed by atoms with Gasteiger partial charge in [-0.1, -0.05) is 44.5 Å². The van der Waals surface area contributed by atoms with E-state index in [1.54, 1.807) is 0 Å². The predicted molar refractivity (Wildman–Crippen MR) is 115 cm³/mol. The van der Waals surface area contributed by atoms with Gasteiger partial charge in [-0.05, 0) is 50.4 Å². The molecule has 1 atom stereocenters. The van der Waals surface area contributed by atoms with Crippen LogP contribution in [0.2, 0.25) is 0 Å². The van der Waals surface area contributed by atoms with Gasteiger partial charge in [-0.25, -0.2) is 0 Å². The molecule has 1 aliphatic rings. The molecule has 0 aliphatic carbocycles. The van der Waals surface area contributed by atoms with E-state index in [9.17, 15) is 4.79 Å². The number of aromatic nitrogens is 2. The molecular formula is C23H34N4O2. The molecule has 0 bridgehead atoms. The van der Waals surface area contributed by atoms with E-state index in [1.807, 2.05) is 32.9 Å². The number of carbonyl (C=O) groups excluding carboxylic acids is 1. The molecule has 2 aromatic rings. The van der Waals surface area contributed by atoms with Crippen molar-refractivity contribution >= 4 is 11.6 Å². The van der Waals surface area contributed by atoms with E-state index >= 15 is 0 Å². The molecule has 3 rings (SSSR count). The fourth-order valence-corrected chi connectivity index (χ4v) is 3.61. The van der Waals surface area contributed by atoms with Crippen LogP contribution in [0.3, 0.4) is 0 Å².